The first kappa shape index (κ1) is 17.7. The van der Waals surface area contributed by atoms with Crippen molar-refractivity contribution in [2.24, 2.45) is 0 Å². The van der Waals surface area contributed by atoms with E-state index in [1.807, 2.05) is 27.8 Å². The minimum absolute atomic E-state index is 0.249. The normalized spacial score (nSPS) is 21.1. The van der Waals surface area contributed by atoms with Gasteiger partial charge in [0.05, 0.1) is 0 Å². The molecule has 0 aliphatic carbocycles. The van der Waals surface area contributed by atoms with E-state index >= 15 is 0 Å². The van der Waals surface area contributed by atoms with E-state index in [9.17, 15) is 9.59 Å². The number of nitrogens with zero attached hydrogens (tertiary/aromatic N) is 3. The Hall–Kier alpha value is -1.34. The van der Waals surface area contributed by atoms with Crippen molar-refractivity contribution in [2.75, 3.05) is 46.8 Å². The minimum Gasteiger partial charge on any atom is -0.480 e. The molecule has 0 radical (unpaired) electrons. The summed E-state index contributed by atoms with van der Waals surface area (Å²) in [5, 5.41) is 11.8. The molecule has 1 atom stereocenters. The Balaban J connectivity index is 2.59. The number of carbonyl (C=O) groups excluding carboxylic acids is 1. The van der Waals surface area contributed by atoms with Crippen LogP contribution in [-0.2, 0) is 4.79 Å². The van der Waals surface area contributed by atoms with Crippen LogP contribution in [0.25, 0.3) is 0 Å². The molecule has 0 saturated carbocycles. The topological polar surface area (TPSA) is 76.1 Å². The van der Waals surface area contributed by atoms with E-state index in [2.05, 4.69) is 22.2 Å². The third-order valence-electron chi connectivity index (χ3n) is 3.82. The van der Waals surface area contributed by atoms with Crippen LogP contribution >= 0.6 is 0 Å². The van der Waals surface area contributed by atoms with Gasteiger partial charge in [-0.15, -0.1) is 0 Å². The van der Waals surface area contributed by atoms with Gasteiger partial charge in [0.15, 0.2) is 0 Å². The molecular formula is C14H28N4O3. The number of hydrogen-bond acceptors (Lipinski definition) is 4. The van der Waals surface area contributed by atoms with E-state index in [1.165, 1.54) is 4.90 Å². The fraction of sp³-hybridized carbons (Fsp3) is 0.857. The Kier molecular flexibility index (Phi) is 5.98. The average Bonchev–Trinajstić information content (AvgIpc) is 2.35. The van der Waals surface area contributed by atoms with Gasteiger partial charge in [0.25, 0.3) is 0 Å². The lowest BCUT2D eigenvalue weighted by Crippen LogP contribution is -2.57. The molecule has 1 saturated heterocycles. The van der Waals surface area contributed by atoms with Gasteiger partial charge < -0.3 is 20.2 Å². The molecule has 0 spiro atoms. The summed E-state index contributed by atoms with van der Waals surface area (Å²) in [6.07, 6.45) is 0. The number of carbonyl (C=O) groups is 2. The summed E-state index contributed by atoms with van der Waals surface area (Å²) in [5.41, 5.74) is -0.530. The zero-order valence-electron chi connectivity index (χ0n) is 13.7. The van der Waals surface area contributed by atoms with E-state index in [-0.39, 0.29) is 18.6 Å². The number of hydrogen-bond donors (Lipinski definition) is 2. The highest BCUT2D eigenvalue weighted by molar-refractivity contribution is 5.80. The predicted molar refractivity (Wildman–Crippen MR) is 81.4 cm³/mol. The minimum atomic E-state index is -1.01. The molecule has 122 valence electrons. The van der Waals surface area contributed by atoms with Crippen molar-refractivity contribution in [2.45, 2.75) is 32.4 Å². The van der Waals surface area contributed by atoms with Crippen molar-refractivity contribution in [3.8, 4) is 0 Å². The molecule has 1 heterocycles. The predicted octanol–water partition coefficient (Wildman–Crippen LogP) is 0.127. The summed E-state index contributed by atoms with van der Waals surface area (Å²) in [7, 11) is 4.11. The number of amides is 2. The molecule has 7 nitrogen and oxygen atoms in total. The summed E-state index contributed by atoms with van der Waals surface area (Å²) in [6.45, 7) is 8.60. The number of aliphatic carboxylic acids is 1. The summed E-state index contributed by atoms with van der Waals surface area (Å²) >= 11 is 0. The highest BCUT2D eigenvalue weighted by Crippen LogP contribution is 2.13. The van der Waals surface area contributed by atoms with Crippen molar-refractivity contribution >= 4 is 12.0 Å². The van der Waals surface area contributed by atoms with Crippen molar-refractivity contribution in [3.63, 3.8) is 0 Å². The van der Waals surface area contributed by atoms with E-state index in [1.54, 1.807) is 0 Å². The van der Waals surface area contributed by atoms with Crippen LogP contribution in [0.2, 0.25) is 0 Å². The Morgan fingerprint density at radius 2 is 1.90 bits per heavy atom. The van der Waals surface area contributed by atoms with Gasteiger partial charge in [-0.05, 0) is 34.9 Å². The van der Waals surface area contributed by atoms with Crippen LogP contribution in [0.4, 0.5) is 4.79 Å². The molecule has 2 amide bonds. The average molecular weight is 300 g/mol. The number of carboxylic acid groups (broad SMARTS) is 1. The lowest BCUT2D eigenvalue weighted by Gasteiger charge is -2.39. The molecule has 0 aromatic heterocycles. The molecule has 2 N–H and O–H groups in total. The van der Waals surface area contributed by atoms with Gasteiger partial charge in [-0.2, -0.15) is 0 Å². The maximum Gasteiger partial charge on any atom is 0.323 e. The first-order valence-electron chi connectivity index (χ1n) is 7.27. The Bertz CT molecular complexity index is 381. The second-order valence-corrected chi connectivity index (χ2v) is 6.73. The van der Waals surface area contributed by atoms with Gasteiger partial charge in [-0.25, -0.2) is 4.79 Å². The Morgan fingerprint density at radius 1 is 1.29 bits per heavy atom. The highest BCUT2D eigenvalue weighted by Gasteiger charge is 2.29. The smallest absolute Gasteiger partial charge is 0.323 e. The van der Waals surface area contributed by atoms with Gasteiger partial charge in [0, 0.05) is 37.8 Å². The first-order chi connectivity index (χ1) is 9.61. The quantitative estimate of drug-likeness (QED) is 0.772. The second kappa shape index (κ2) is 7.09. The molecule has 1 unspecified atom stereocenters. The number of likely N-dealkylation sites (N-methyl/N-ethyl adjacent to an activating group) is 2. The summed E-state index contributed by atoms with van der Waals surface area (Å²) in [4.78, 5) is 29.0. The van der Waals surface area contributed by atoms with Crippen LogP contribution in [0.5, 0.6) is 0 Å². The molecule has 1 fully saturated rings. The highest BCUT2D eigenvalue weighted by atomic mass is 16.4. The molecule has 21 heavy (non-hydrogen) atoms. The third-order valence-corrected chi connectivity index (χ3v) is 3.82. The second-order valence-electron chi connectivity index (χ2n) is 6.73. The van der Waals surface area contributed by atoms with Crippen LogP contribution in [0, 0.1) is 0 Å². The lowest BCUT2D eigenvalue weighted by atomic mass is 10.1. The number of nitrogens with one attached hydrogen (secondary N) is 1. The Morgan fingerprint density at radius 3 is 2.43 bits per heavy atom. The molecule has 1 aliphatic heterocycles. The lowest BCUT2D eigenvalue weighted by molar-refractivity contribution is -0.138. The molecule has 7 heteroatoms. The molecular weight excluding hydrogens is 272 g/mol. The van der Waals surface area contributed by atoms with Gasteiger partial charge in [0.2, 0.25) is 0 Å². The maximum atomic E-state index is 12.3. The third kappa shape index (κ3) is 5.51. The fourth-order valence-corrected chi connectivity index (χ4v) is 2.37. The standard InChI is InChI=1S/C14H28N4O3/c1-14(2,3)18(10-12(19)20)13(21)15-8-11-9-16(4)6-7-17(11)5/h11H,6-10H2,1-5H3,(H,15,21)(H,19,20). The van der Waals surface area contributed by atoms with Gasteiger partial charge >= 0.3 is 12.0 Å². The van der Waals surface area contributed by atoms with Crippen LogP contribution in [0.15, 0.2) is 0 Å². The van der Waals surface area contributed by atoms with Gasteiger partial charge in [-0.1, -0.05) is 0 Å². The van der Waals surface area contributed by atoms with Crippen LogP contribution in [0.3, 0.4) is 0 Å². The zero-order valence-corrected chi connectivity index (χ0v) is 13.7. The molecule has 1 aliphatic rings. The molecule has 0 bridgehead atoms. The zero-order chi connectivity index (χ0) is 16.2. The number of carboxylic acids is 1. The number of urea groups is 1. The van der Waals surface area contributed by atoms with Crippen molar-refractivity contribution in [3.05, 3.63) is 0 Å². The first-order valence-corrected chi connectivity index (χ1v) is 7.27. The maximum absolute atomic E-state index is 12.3. The van der Waals surface area contributed by atoms with Gasteiger partial charge in [0.1, 0.15) is 6.54 Å². The molecule has 0 aromatic carbocycles. The summed E-state index contributed by atoms with van der Waals surface area (Å²) < 4.78 is 0. The molecule has 0 aromatic rings. The number of rotatable bonds is 4. The van der Waals surface area contributed by atoms with E-state index in [4.69, 9.17) is 5.11 Å². The van der Waals surface area contributed by atoms with Crippen LogP contribution in [-0.4, -0.2) is 90.2 Å². The Labute approximate surface area is 126 Å². The SMILES string of the molecule is CN1CCN(C)C(CNC(=O)N(CC(=O)O)C(C)(C)C)C1. The van der Waals surface area contributed by atoms with Crippen molar-refractivity contribution in [1.82, 2.24) is 20.0 Å². The van der Waals surface area contributed by atoms with E-state index in [0.29, 0.717) is 6.54 Å². The summed E-state index contributed by atoms with van der Waals surface area (Å²) in [6, 6.07) is -0.0779. The van der Waals surface area contributed by atoms with Crippen LogP contribution < -0.4 is 5.32 Å². The summed E-state index contributed by atoms with van der Waals surface area (Å²) in [5.74, 6) is -1.01. The fourth-order valence-electron chi connectivity index (χ4n) is 2.37. The van der Waals surface area contributed by atoms with E-state index in [0.717, 1.165) is 19.6 Å². The van der Waals surface area contributed by atoms with Crippen LogP contribution in [0.1, 0.15) is 20.8 Å². The monoisotopic (exact) mass is 300 g/mol. The molecule has 1 rings (SSSR count). The van der Waals surface area contributed by atoms with Gasteiger partial charge in [-0.3, -0.25) is 9.69 Å². The van der Waals surface area contributed by atoms with Crippen molar-refractivity contribution in [1.29, 1.82) is 0 Å². The van der Waals surface area contributed by atoms with E-state index < -0.39 is 11.5 Å². The van der Waals surface area contributed by atoms with Crippen molar-refractivity contribution < 1.29 is 14.7 Å². The largest absolute Gasteiger partial charge is 0.480 e. The number of piperazine rings is 1.